The molecule has 1 aliphatic rings. The lowest BCUT2D eigenvalue weighted by Gasteiger charge is -2.26. The summed E-state index contributed by atoms with van der Waals surface area (Å²) in [6.07, 6.45) is 3.09. The Morgan fingerprint density at radius 2 is 1.81 bits per heavy atom. The second-order valence-electron chi connectivity index (χ2n) is 8.23. The molecule has 2 N–H and O–H groups in total. The van der Waals surface area contributed by atoms with Crippen LogP contribution in [0.5, 0.6) is 0 Å². The summed E-state index contributed by atoms with van der Waals surface area (Å²) < 4.78 is 27.8. The van der Waals surface area contributed by atoms with E-state index in [2.05, 4.69) is 17.0 Å². The lowest BCUT2D eigenvalue weighted by atomic mass is 10.1. The summed E-state index contributed by atoms with van der Waals surface area (Å²) in [7, 11) is -3.71. The number of likely N-dealkylation sites (tertiary alicyclic amines) is 1. The van der Waals surface area contributed by atoms with E-state index in [0.29, 0.717) is 30.6 Å². The van der Waals surface area contributed by atoms with Crippen LogP contribution in [0, 0.1) is 13.8 Å². The Labute approximate surface area is 190 Å². The summed E-state index contributed by atoms with van der Waals surface area (Å²) >= 11 is 0. The molecule has 0 saturated carbocycles. The zero-order valence-corrected chi connectivity index (χ0v) is 19.7. The Hall–Kier alpha value is -2.87. The average molecular weight is 458 g/mol. The highest BCUT2D eigenvalue weighted by Gasteiger charge is 2.26. The Morgan fingerprint density at radius 3 is 2.41 bits per heavy atom. The van der Waals surface area contributed by atoms with E-state index in [-0.39, 0.29) is 22.8 Å². The van der Waals surface area contributed by atoms with E-state index < -0.39 is 10.0 Å². The number of sulfonamides is 1. The van der Waals surface area contributed by atoms with Crippen molar-refractivity contribution in [3.8, 4) is 0 Å². The first kappa shape index (κ1) is 23.8. The molecule has 0 aromatic heterocycles. The molecule has 2 aromatic carbocycles. The number of carbonyl (C=O) groups excluding carboxylic acids is 2. The number of hydrogen-bond donors (Lipinski definition) is 2. The van der Waals surface area contributed by atoms with E-state index in [9.17, 15) is 18.0 Å². The standard InChI is InChI=1S/C24H31N3O4S/c1-4-21(27-15-5-6-23(27)28)13-14-25-24(29)19-8-10-20(11-9-19)26-32(30,31)22-12-7-17(2)18(3)16-22/h7-12,16,21,26H,4-6,13-15H2,1-3H3,(H,25,29). The summed E-state index contributed by atoms with van der Waals surface area (Å²) in [5.74, 6) is -0.0295. The van der Waals surface area contributed by atoms with E-state index in [1.54, 1.807) is 42.5 Å². The lowest BCUT2D eigenvalue weighted by molar-refractivity contribution is -0.129. The van der Waals surface area contributed by atoms with Crippen molar-refractivity contribution in [3.63, 3.8) is 0 Å². The Bertz CT molecular complexity index is 1080. The van der Waals surface area contributed by atoms with Crippen LogP contribution in [0.4, 0.5) is 5.69 Å². The minimum Gasteiger partial charge on any atom is -0.352 e. The van der Waals surface area contributed by atoms with Gasteiger partial charge in [-0.1, -0.05) is 13.0 Å². The Kier molecular flexibility index (Phi) is 7.56. The van der Waals surface area contributed by atoms with Gasteiger partial charge in [0.15, 0.2) is 0 Å². The predicted octanol–water partition coefficient (Wildman–Crippen LogP) is 3.63. The van der Waals surface area contributed by atoms with Crippen LogP contribution in [-0.2, 0) is 14.8 Å². The van der Waals surface area contributed by atoms with Gasteiger partial charge in [0, 0.05) is 36.8 Å². The first-order valence-electron chi connectivity index (χ1n) is 11.0. The molecule has 1 atom stereocenters. The topological polar surface area (TPSA) is 95.6 Å². The van der Waals surface area contributed by atoms with E-state index in [4.69, 9.17) is 0 Å². The summed E-state index contributed by atoms with van der Waals surface area (Å²) in [5.41, 5.74) is 2.76. The number of amides is 2. The molecular formula is C24H31N3O4S. The van der Waals surface area contributed by atoms with Crippen LogP contribution in [0.1, 0.15) is 54.1 Å². The second kappa shape index (κ2) is 10.2. The highest BCUT2D eigenvalue weighted by Crippen LogP contribution is 2.20. The molecule has 0 spiro atoms. The maximum Gasteiger partial charge on any atom is 0.261 e. The molecule has 3 rings (SSSR count). The number of benzene rings is 2. The number of nitrogens with zero attached hydrogens (tertiary/aromatic N) is 1. The highest BCUT2D eigenvalue weighted by atomic mass is 32.2. The molecule has 7 nitrogen and oxygen atoms in total. The monoisotopic (exact) mass is 457 g/mol. The summed E-state index contributed by atoms with van der Waals surface area (Å²) in [5, 5.41) is 2.89. The fraction of sp³-hybridized carbons (Fsp3) is 0.417. The van der Waals surface area contributed by atoms with Crippen molar-refractivity contribution < 1.29 is 18.0 Å². The third-order valence-electron chi connectivity index (χ3n) is 5.97. The lowest BCUT2D eigenvalue weighted by Crippen LogP contribution is -2.38. The molecule has 0 radical (unpaired) electrons. The molecule has 1 aliphatic heterocycles. The number of carbonyl (C=O) groups is 2. The van der Waals surface area contributed by atoms with Gasteiger partial charge >= 0.3 is 0 Å². The molecule has 0 aliphatic carbocycles. The number of anilines is 1. The number of aryl methyl sites for hydroxylation is 2. The first-order valence-corrected chi connectivity index (χ1v) is 12.5. The molecule has 172 valence electrons. The molecule has 1 unspecified atom stereocenters. The van der Waals surface area contributed by atoms with Crippen LogP contribution in [0.25, 0.3) is 0 Å². The van der Waals surface area contributed by atoms with Gasteiger partial charge in [-0.05, 0) is 80.6 Å². The quantitative estimate of drug-likeness (QED) is 0.601. The van der Waals surface area contributed by atoms with Crippen LogP contribution in [0.3, 0.4) is 0 Å². The molecule has 2 aromatic rings. The van der Waals surface area contributed by atoms with Gasteiger partial charge in [0.25, 0.3) is 15.9 Å². The maximum absolute atomic E-state index is 12.6. The van der Waals surface area contributed by atoms with Crippen molar-refractivity contribution >= 4 is 27.5 Å². The minimum absolute atomic E-state index is 0.146. The van der Waals surface area contributed by atoms with Crippen LogP contribution in [-0.4, -0.2) is 44.3 Å². The summed E-state index contributed by atoms with van der Waals surface area (Å²) in [6, 6.07) is 11.5. The van der Waals surface area contributed by atoms with Gasteiger partial charge in [-0.3, -0.25) is 14.3 Å². The zero-order chi connectivity index (χ0) is 23.3. The summed E-state index contributed by atoms with van der Waals surface area (Å²) in [4.78, 5) is 26.5. The average Bonchev–Trinajstić information content (AvgIpc) is 3.19. The first-order chi connectivity index (χ1) is 15.2. The molecule has 1 saturated heterocycles. The molecule has 32 heavy (non-hydrogen) atoms. The van der Waals surface area contributed by atoms with Crippen LogP contribution >= 0.6 is 0 Å². The highest BCUT2D eigenvalue weighted by molar-refractivity contribution is 7.92. The van der Waals surface area contributed by atoms with E-state index >= 15 is 0 Å². The number of rotatable bonds is 9. The van der Waals surface area contributed by atoms with Crippen LogP contribution in [0.15, 0.2) is 47.4 Å². The zero-order valence-electron chi connectivity index (χ0n) is 18.8. The van der Waals surface area contributed by atoms with Crippen molar-refractivity contribution in [2.24, 2.45) is 0 Å². The normalized spacial score (nSPS) is 15.0. The fourth-order valence-electron chi connectivity index (χ4n) is 3.87. The van der Waals surface area contributed by atoms with E-state index in [0.717, 1.165) is 30.5 Å². The SMILES string of the molecule is CCC(CCNC(=O)c1ccc(NS(=O)(=O)c2ccc(C)c(C)c2)cc1)N1CCCC1=O. The maximum atomic E-state index is 12.6. The van der Waals surface area contributed by atoms with Gasteiger partial charge in [0.2, 0.25) is 5.91 Å². The van der Waals surface area contributed by atoms with Gasteiger partial charge in [-0.15, -0.1) is 0 Å². The van der Waals surface area contributed by atoms with Gasteiger partial charge in [0.1, 0.15) is 0 Å². The Morgan fingerprint density at radius 1 is 1.09 bits per heavy atom. The third-order valence-corrected chi connectivity index (χ3v) is 7.35. The van der Waals surface area contributed by atoms with Crippen molar-refractivity contribution in [3.05, 3.63) is 59.2 Å². The van der Waals surface area contributed by atoms with Gasteiger partial charge in [-0.25, -0.2) is 8.42 Å². The van der Waals surface area contributed by atoms with Crippen LogP contribution < -0.4 is 10.0 Å². The number of nitrogens with one attached hydrogen (secondary N) is 2. The molecule has 1 heterocycles. The molecule has 1 fully saturated rings. The second-order valence-corrected chi connectivity index (χ2v) is 9.91. The predicted molar refractivity (Wildman–Crippen MR) is 125 cm³/mol. The summed E-state index contributed by atoms with van der Waals surface area (Å²) in [6.45, 7) is 7.12. The van der Waals surface area contributed by atoms with E-state index in [1.807, 2.05) is 18.7 Å². The largest absolute Gasteiger partial charge is 0.352 e. The Balaban J connectivity index is 1.55. The smallest absolute Gasteiger partial charge is 0.261 e. The molecule has 2 amide bonds. The van der Waals surface area contributed by atoms with Gasteiger partial charge in [0.05, 0.1) is 4.90 Å². The molecule has 0 bridgehead atoms. The molecule has 8 heteroatoms. The third kappa shape index (κ3) is 5.68. The van der Waals surface area contributed by atoms with Crippen molar-refractivity contribution in [2.45, 2.75) is 57.4 Å². The molecular weight excluding hydrogens is 426 g/mol. The fourth-order valence-corrected chi connectivity index (χ4v) is 5.02. The minimum atomic E-state index is -3.71. The van der Waals surface area contributed by atoms with Gasteiger partial charge < -0.3 is 10.2 Å². The van der Waals surface area contributed by atoms with Crippen molar-refractivity contribution in [2.75, 3.05) is 17.8 Å². The van der Waals surface area contributed by atoms with Crippen molar-refractivity contribution in [1.82, 2.24) is 10.2 Å². The van der Waals surface area contributed by atoms with E-state index in [1.165, 1.54) is 0 Å². The van der Waals surface area contributed by atoms with Crippen molar-refractivity contribution in [1.29, 1.82) is 0 Å². The van der Waals surface area contributed by atoms with Gasteiger partial charge in [-0.2, -0.15) is 0 Å². The number of hydrogen-bond acceptors (Lipinski definition) is 4. The van der Waals surface area contributed by atoms with Crippen LogP contribution in [0.2, 0.25) is 0 Å².